The van der Waals surface area contributed by atoms with Crippen LogP contribution in [0.5, 0.6) is 0 Å². The molecule has 3 aromatic rings. The number of nitro groups is 1. The predicted molar refractivity (Wildman–Crippen MR) is 102 cm³/mol. The fraction of sp³-hybridized carbons (Fsp3) is 0.158. The van der Waals surface area contributed by atoms with Crippen molar-refractivity contribution in [2.45, 2.75) is 6.42 Å². The lowest BCUT2D eigenvalue weighted by molar-refractivity contribution is -0.384. The Hall–Kier alpha value is -3.46. The first-order valence-electron chi connectivity index (χ1n) is 8.34. The van der Waals surface area contributed by atoms with Crippen molar-refractivity contribution >= 4 is 28.9 Å². The molecule has 0 aliphatic rings. The molecular formula is C19H16N2O6S. The highest BCUT2D eigenvalue weighted by atomic mass is 32.1. The van der Waals surface area contributed by atoms with Gasteiger partial charge < -0.3 is 14.5 Å². The monoisotopic (exact) mass is 400 g/mol. The zero-order chi connectivity index (χ0) is 19.9. The maximum atomic E-state index is 12.0. The number of non-ortho nitro benzene ring substituents is 1. The van der Waals surface area contributed by atoms with Crippen molar-refractivity contribution in [2.24, 2.45) is 0 Å². The van der Waals surface area contributed by atoms with E-state index in [1.165, 1.54) is 30.3 Å². The molecule has 0 spiro atoms. The zero-order valence-electron chi connectivity index (χ0n) is 14.6. The van der Waals surface area contributed by atoms with Crippen LogP contribution in [0.3, 0.4) is 0 Å². The summed E-state index contributed by atoms with van der Waals surface area (Å²) in [7, 11) is 0. The second-order valence-corrected chi connectivity index (χ2v) is 6.76. The van der Waals surface area contributed by atoms with E-state index in [0.29, 0.717) is 24.3 Å². The number of benzene rings is 1. The SMILES string of the molecule is O=C(COC(=O)c1ccc(-c2ccc([N+](=O)[O-])cc2)o1)NCCc1cccs1. The van der Waals surface area contributed by atoms with Crippen LogP contribution in [0.4, 0.5) is 5.69 Å². The van der Waals surface area contributed by atoms with Gasteiger partial charge in [0.1, 0.15) is 5.76 Å². The highest BCUT2D eigenvalue weighted by Crippen LogP contribution is 2.24. The lowest BCUT2D eigenvalue weighted by Crippen LogP contribution is -2.30. The Kier molecular flexibility index (Phi) is 6.18. The molecule has 0 saturated heterocycles. The molecule has 2 heterocycles. The summed E-state index contributed by atoms with van der Waals surface area (Å²) in [5, 5.41) is 15.3. The number of esters is 1. The number of hydrogen-bond acceptors (Lipinski definition) is 7. The molecule has 8 nitrogen and oxygen atoms in total. The molecule has 0 aliphatic carbocycles. The number of nitrogens with one attached hydrogen (secondary N) is 1. The normalized spacial score (nSPS) is 10.4. The van der Waals surface area contributed by atoms with E-state index in [1.807, 2.05) is 17.5 Å². The van der Waals surface area contributed by atoms with Gasteiger partial charge >= 0.3 is 5.97 Å². The van der Waals surface area contributed by atoms with E-state index in [-0.39, 0.29) is 11.4 Å². The van der Waals surface area contributed by atoms with E-state index < -0.39 is 23.4 Å². The molecule has 9 heteroatoms. The molecule has 0 aliphatic heterocycles. The largest absolute Gasteiger partial charge is 0.450 e. The van der Waals surface area contributed by atoms with Gasteiger partial charge in [0.15, 0.2) is 6.61 Å². The van der Waals surface area contributed by atoms with E-state index in [0.717, 1.165) is 4.88 Å². The van der Waals surface area contributed by atoms with Gasteiger partial charge in [-0.2, -0.15) is 0 Å². The molecule has 0 unspecified atom stereocenters. The molecule has 2 aromatic heterocycles. The number of rotatable bonds is 8. The Labute approximate surface area is 163 Å². The number of amides is 1. The molecule has 0 radical (unpaired) electrons. The molecule has 1 N–H and O–H groups in total. The molecule has 0 bridgehead atoms. The number of nitro benzene ring substituents is 1. The van der Waals surface area contributed by atoms with E-state index in [4.69, 9.17) is 9.15 Å². The van der Waals surface area contributed by atoms with Crippen molar-refractivity contribution in [3.63, 3.8) is 0 Å². The number of carbonyl (C=O) groups excluding carboxylic acids is 2. The summed E-state index contributed by atoms with van der Waals surface area (Å²) in [5.74, 6) is -0.851. The number of nitrogens with zero attached hydrogens (tertiary/aromatic N) is 1. The molecule has 1 amide bonds. The molecular weight excluding hydrogens is 384 g/mol. The van der Waals surface area contributed by atoms with Crippen molar-refractivity contribution < 1.29 is 23.7 Å². The van der Waals surface area contributed by atoms with Gasteiger partial charge in [-0.15, -0.1) is 11.3 Å². The van der Waals surface area contributed by atoms with Crippen LogP contribution in [0.1, 0.15) is 15.4 Å². The highest BCUT2D eigenvalue weighted by Gasteiger charge is 2.16. The van der Waals surface area contributed by atoms with Gasteiger partial charge in [0.2, 0.25) is 5.76 Å². The summed E-state index contributed by atoms with van der Waals surface area (Å²) in [6.07, 6.45) is 0.716. The van der Waals surface area contributed by atoms with Gasteiger partial charge in [-0.1, -0.05) is 6.07 Å². The summed E-state index contributed by atoms with van der Waals surface area (Å²) < 4.78 is 10.4. The Bertz CT molecular complexity index is 963. The van der Waals surface area contributed by atoms with Crippen LogP contribution in [0.15, 0.2) is 58.3 Å². The Morgan fingerprint density at radius 1 is 1.14 bits per heavy atom. The van der Waals surface area contributed by atoms with Crippen LogP contribution in [0.2, 0.25) is 0 Å². The average molecular weight is 400 g/mol. The first-order valence-corrected chi connectivity index (χ1v) is 9.22. The summed E-state index contributed by atoms with van der Waals surface area (Å²) in [5.41, 5.74) is 0.538. The van der Waals surface area contributed by atoms with Crippen molar-refractivity contribution in [2.75, 3.05) is 13.2 Å². The van der Waals surface area contributed by atoms with Crippen LogP contribution in [-0.4, -0.2) is 30.0 Å². The quantitative estimate of drug-likeness (QED) is 0.352. The standard InChI is InChI=1S/C19H16N2O6S/c22-18(20-10-9-15-2-1-11-28-15)12-26-19(23)17-8-7-16(27-17)13-3-5-14(6-4-13)21(24)25/h1-8,11H,9-10,12H2,(H,20,22). The van der Waals surface area contributed by atoms with Crippen LogP contribution < -0.4 is 5.32 Å². The van der Waals surface area contributed by atoms with Crippen molar-refractivity contribution in [1.29, 1.82) is 0 Å². The average Bonchev–Trinajstić information content (AvgIpc) is 3.38. The molecule has 3 rings (SSSR count). The lowest BCUT2D eigenvalue weighted by Gasteiger charge is -2.05. The summed E-state index contributed by atoms with van der Waals surface area (Å²) in [6, 6.07) is 12.6. The molecule has 0 atom stereocenters. The molecule has 28 heavy (non-hydrogen) atoms. The first kappa shape index (κ1) is 19.3. The number of ether oxygens (including phenoxy) is 1. The third-order valence-corrected chi connectivity index (χ3v) is 4.71. The van der Waals surface area contributed by atoms with E-state index in [1.54, 1.807) is 17.4 Å². The first-order chi connectivity index (χ1) is 13.5. The maximum Gasteiger partial charge on any atom is 0.374 e. The minimum Gasteiger partial charge on any atom is -0.450 e. The molecule has 144 valence electrons. The van der Waals surface area contributed by atoms with Gasteiger partial charge in [-0.05, 0) is 42.1 Å². The fourth-order valence-electron chi connectivity index (χ4n) is 2.38. The van der Waals surface area contributed by atoms with Gasteiger partial charge in [-0.25, -0.2) is 4.79 Å². The number of hydrogen-bond donors (Lipinski definition) is 1. The third-order valence-electron chi connectivity index (χ3n) is 3.78. The van der Waals surface area contributed by atoms with Crippen molar-refractivity contribution in [3.05, 3.63) is 74.7 Å². The van der Waals surface area contributed by atoms with Gasteiger partial charge in [0.05, 0.1) is 4.92 Å². The predicted octanol–water partition coefficient (Wildman–Crippen LogP) is 3.43. The molecule has 0 fully saturated rings. The van der Waals surface area contributed by atoms with E-state index >= 15 is 0 Å². The van der Waals surface area contributed by atoms with Gasteiger partial charge in [0, 0.05) is 29.1 Å². The van der Waals surface area contributed by atoms with Gasteiger partial charge in [0.25, 0.3) is 11.6 Å². The fourth-order valence-corrected chi connectivity index (χ4v) is 3.09. The Balaban J connectivity index is 1.48. The minimum absolute atomic E-state index is 0.0416. The Morgan fingerprint density at radius 2 is 1.93 bits per heavy atom. The van der Waals surface area contributed by atoms with Gasteiger partial charge in [-0.3, -0.25) is 14.9 Å². The minimum atomic E-state index is -0.762. The smallest absolute Gasteiger partial charge is 0.374 e. The van der Waals surface area contributed by atoms with Crippen LogP contribution in [-0.2, 0) is 16.0 Å². The summed E-state index contributed by atoms with van der Waals surface area (Å²) >= 11 is 1.61. The summed E-state index contributed by atoms with van der Waals surface area (Å²) in [4.78, 5) is 35.1. The van der Waals surface area contributed by atoms with Crippen molar-refractivity contribution in [3.8, 4) is 11.3 Å². The lowest BCUT2D eigenvalue weighted by atomic mass is 10.1. The topological polar surface area (TPSA) is 112 Å². The summed E-state index contributed by atoms with van der Waals surface area (Å²) in [6.45, 7) is 0.0543. The number of thiophene rings is 1. The molecule has 0 saturated carbocycles. The van der Waals surface area contributed by atoms with Crippen LogP contribution in [0, 0.1) is 10.1 Å². The van der Waals surface area contributed by atoms with Crippen LogP contribution in [0.25, 0.3) is 11.3 Å². The van der Waals surface area contributed by atoms with E-state index in [2.05, 4.69) is 5.32 Å². The maximum absolute atomic E-state index is 12.0. The number of carbonyl (C=O) groups is 2. The third kappa shape index (κ3) is 5.04. The molecule has 1 aromatic carbocycles. The zero-order valence-corrected chi connectivity index (χ0v) is 15.4. The van der Waals surface area contributed by atoms with Crippen LogP contribution >= 0.6 is 11.3 Å². The second kappa shape index (κ2) is 8.96. The second-order valence-electron chi connectivity index (χ2n) is 5.72. The van der Waals surface area contributed by atoms with E-state index in [9.17, 15) is 19.7 Å². The van der Waals surface area contributed by atoms with Crippen molar-refractivity contribution in [1.82, 2.24) is 5.32 Å². The Morgan fingerprint density at radius 3 is 2.61 bits per heavy atom. The highest BCUT2D eigenvalue weighted by molar-refractivity contribution is 7.09. The number of furan rings is 1.